The van der Waals surface area contributed by atoms with E-state index < -0.39 is 11.9 Å². The molecule has 0 bridgehead atoms. The molecule has 29 heavy (non-hydrogen) atoms. The van der Waals surface area contributed by atoms with Crippen molar-refractivity contribution in [1.82, 2.24) is 4.90 Å². The topological polar surface area (TPSA) is 70.8 Å². The Bertz CT molecular complexity index is 1020. The summed E-state index contributed by atoms with van der Waals surface area (Å²) in [6, 6.07) is 9.44. The van der Waals surface area contributed by atoms with Crippen molar-refractivity contribution in [2.45, 2.75) is 31.7 Å². The van der Waals surface area contributed by atoms with Gasteiger partial charge in [0.25, 0.3) is 5.91 Å². The van der Waals surface area contributed by atoms with Crippen molar-refractivity contribution in [2.75, 3.05) is 0 Å². The van der Waals surface area contributed by atoms with Gasteiger partial charge >= 0.3 is 5.97 Å². The summed E-state index contributed by atoms with van der Waals surface area (Å²) in [5, 5.41) is 9.30. The summed E-state index contributed by atoms with van der Waals surface area (Å²) in [4.78, 5) is 26.2. The molecule has 2 atom stereocenters. The van der Waals surface area contributed by atoms with Crippen LogP contribution in [0.25, 0.3) is 17.4 Å². The third-order valence-electron chi connectivity index (χ3n) is 5.22. The normalized spacial score (nSPS) is 23.8. The minimum atomic E-state index is -0.827. The minimum absolute atomic E-state index is 0.200. The number of carbonyl (C=O) groups excluding carboxylic acids is 1. The van der Waals surface area contributed by atoms with Gasteiger partial charge in [-0.1, -0.05) is 42.5 Å². The SMILES string of the molecule is O=C(O)C1CCCC(N2C(=O)C(=Cc3ccc(-c4ccccc4F)o3)SC2=S)C1. The summed E-state index contributed by atoms with van der Waals surface area (Å²) in [7, 11) is 0. The van der Waals surface area contributed by atoms with Crippen molar-refractivity contribution in [3.05, 3.63) is 52.9 Å². The fourth-order valence-electron chi connectivity index (χ4n) is 3.78. The number of carboxylic acids is 1. The molecule has 1 amide bonds. The number of hydrogen-bond donors (Lipinski definition) is 1. The molecule has 2 aromatic rings. The summed E-state index contributed by atoms with van der Waals surface area (Å²) in [6.45, 7) is 0. The summed E-state index contributed by atoms with van der Waals surface area (Å²) >= 11 is 6.57. The fourth-order valence-corrected chi connectivity index (χ4v) is 5.16. The Morgan fingerprint density at radius 3 is 2.83 bits per heavy atom. The molecule has 1 aromatic carbocycles. The molecule has 1 aromatic heterocycles. The number of hydrogen-bond acceptors (Lipinski definition) is 5. The number of benzene rings is 1. The number of carbonyl (C=O) groups is 2. The molecule has 2 aliphatic rings. The molecule has 150 valence electrons. The van der Waals surface area contributed by atoms with Crippen LogP contribution in [0.3, 0.4) is 0 Å². The molecule has 0 spiro atoms. The van der Waals surface area contributed by atoms with Gasteiger partial charge in [0.2, 0.25) is 0 Å². The van der Waals surface area contributed by atoms with Crippen LogP contribution in [0.1, 0.15) is 31.4 Å². The number of furan rings is 1. The Kier molecular flexibility index (Phi) is 5.56. The van der Waals surface area contributed by atoms with Gasteiger partial charge in [-0.2, -0.15) is 0 Å². The minimum Gasteiger partial charge on any atom is -0.481 e. The van der Waals surface area contributed by atoms with Crippen LogP contribution in [0.4, 0.5) is 4.39 Å². The van der Waals surface area contributed by atoms with Crippen molar-refractivity contribution in [3.63, 3.8) is 0 Å². The van der Waals surface area contributed by atoms with Crippen LogP contribution >= 0.6 is 24.0 Å². The molecule has 0 radical (unpaired) electrons. The smallest absolute Gasteiger partial charge is 0.306 e. The van der Waals surface area contributed by atoms with Crippen molar-refractivity contribution in [2.24, 2.45) is 5.92 Å². The average molecular weight is 432 g/mol. The van der Waals surface area contributed by atoms with Gasteiger partial charge in [0, 0.05) is 12.1 Å². The van der Waals surface area contributed by atoms with E-state index in [1.807, 2.05) is 0 Å². The molecular formula is C21H18FNO4S2. The summed E-state index contributed by atoms with van der Waals surface area (Å²) in [5.74, 6) is -1.09. The third-order valence-corrected chi connectivity index (χ3v) is 6.55. The number of carboxylic acid groups (broad SMARTS) is 1. The van der Waals surface area contributed by atoms with E-state index in [0.717, 1.165) is 12.8 Å². The van der Waals surface area contributed by atoms with Crippen molar-refractivity contribution < 1.29 is 23.5 Å². The van der Waals surface area contributed by atoms with Crippen LogP contribution in [0.15, 0.2) is 45.7 Å². The average Bonchev–Trinajstić information content (AvgIpc) is 3.27. The first kappa shape index (κ1) is 19.8. The van der Waals surface area contributed by atoms with Gasteiger partial charge in [-0.15, -0.1) is 0 Å². The van der Waals surface area contributed by atoms with Gasteiger partial charge in [0.15, 0.2) is 0 Å². The summed E-state index contributed by atoms with van der Waals surface area (Å²) in [5.41, 5.74) is 0.349. The monoisotopic (exact) mass is 431 g/mol. The number of amides is 1. The molecule has 5 nitrogen and oxygen atoms in total. The number of thioether (sulfide) groups is 1. The van der Waals surface area contributed by atoms with Crippen LogP contribution in [0, 0.1) is 11.7 Å². The van der Waals surface area contributed by atoms with E-state index in [1.165, 1.54) is 17.8 Å². The lowest BCUT2D eigenvalue weighted by Crippen LogP contribution is -2.42. The van der Waals surface area contributed by atoms with Gasteiger partial charge < -0.3 is 9.52 Å². The quantitative estimate of drug-likeness (QED) is 0.547. The summed E-state index contributed by atoms with van der Waals surface area (Å²) in [6.07, 6.45) is 4.12. The lowest BCUT2D eigenvalue weighted by Gasteiger charge is -2.32. The number of thiocarbonyl (C=S) groups is 1. The molecule has 2 heterocycles. The van der Waals surface area contributed by atoms with Gasteiger partial charge in [-0.3, -0.25) is 14.5 Å². The summed E-state index contributed by atoms with van der Waals surface area (Å²) < 4.78 is 20.1. The second kappa shape index (κ2) is 8.12. The fraction of sp³-hybridized carbons (Fsp3) is 0.286. The highest BCUT2D eigenvalue weighted by Gasteiger charge is 2.40. The molecule has 2 fully saturated rings. The van der Waals surface area contributed by atoms with Crippen LogP contribution in [-0.4, -0.2) is 32.2 Å². The first-order valence-electron chi connectivity index (χ1n) is 9.28. The number of aliphatic carboxylic acids is 1. The van der Waals surface area contributed by atoms with Gasteiger partial charge in [-0.05, 0) is 43.5 Å². The van der Waals surface area contributed by atoms with Crippen LogP contribution < -0.4 is 0 Å². The van der Waals surface area contributed by atoms with Crippen molar-refractivity contribution in [3.8, 4) is 11.3 Å². The Hall–Kier alpha value is -2.45. The van der Waals surface area contributed by atoms with Crippen molar-refractivity contribution >= 4 is 46.3 Å². The van der Waals surface area contributed by atoms with Crippen LogP contribution in [0.5, 0.6) is 0 Å². The molecule has 1 saturated heterocycles. The number of nitrogens with zero attached hydrogens (tertiary/aromatic N) is 1. The molecular weight excluding hydrogens is 413 g/mol. The number of halogens is 1. The van der Waals surface area contributed by atoms with Gasteiger partial charge in [0.1, 0.15) is 21.7 Å². The lowest BCUT2D eigenvalue weighted by atomic mass is 9.85. The van der Waals surface area contributed by atoms with Gasteiger partial charge in [0.05, 0.1) is 16.4 Å². The third kappa shape index (κ3) is 4.00. The second-order valence-corrected chi connectivity index (χ2v) is 8.76. The maximum absolute atomic E-state index is 13.9. The predicted molar refractivity (Wildman–Crippen MR) is 112 cm³/mol. The first-order valence-corrected chi connectivity index (χ1v) is 10.5. The van der Waals surface area contributed by atoms with E-state index >= 15 is 0 Å². The Morgan fingerprint density at radius 2 is 2.07 bits per heavy atom. The zero-order valence-electron chi connectivity index (χ0n) is 15.3. The van der Waals surface area contributed by atoms with E-state index in [4.69, 9.17) is 16.6 Å². The van der Waals surface area contributed by atoms with Crippen LogP contribution in [0.2, 0.25) is 0 Å². The molecule has 1 N–H and O–H groups in total. The highest BCUT2D eigenvalue weighted by Crippen LogP contribution is 2.39. The Morgan fingerprint density at radius 1 is 1.28 bits per heavy atom. The molecule has 2 unspecified atom stereocenters. The highest BCUT2D eigenvalue weighted by atomic mass is 32.2. The first-order chi connectivity index (χ1) is 13.9. The predicted octanol–water partition coefficient (Wildman–Crippen LogP) is 4.93. The van der Waals surface area contributed by atoms with E-state index in [-0.39, 0.29) is 17.8 Å². The van der Waals surface area contributed by atoms with E-state index in [9.17, 15) is 19.1 Å². The van der Waals surface area contributed by atoms with E-state index in [0.29, 0.717) is 39.2 Å². The number of rotatable bonds is 4. The van der Waals surface area contributed by atoms with E-state index in [2.05, 4.69) is 0 Å². The maximum atomic E-state index is 13.9. The zero-order chi connectivity index (χ0) is 20.5. The molecule has 1 aliphatic carbocycles. The maximum Gasteiger partial charge on any atom is 0.306 e. The Labute approximate surface area is 176 Å². The lowest BCUT2D eigenvalue weighted by molar-refractivity contribution is -0.144. The molecule has 4 rings (SSSR count). The second-order valence-electron chi connectivity index (χ2n) is 7.09. The highest BCUT2D eigenvalue weighted by molar-refractivity contribution is 8.26. The van der Waals surface area contributed by atoms with Crippen LogP contribution in [-0.2, 0) is 9.59 Å². The zero-order valence-corrected chi connectivity index (χ0v) is 17.0. The van der Waals surface area contributed by atoms with E-state index in [1.54, 1.807) is 41.3 Å². The standard InChI is InChI=1S/C21H18FNO4S2/c22-16-7-2-1-6-15(16)17-9-8-14(27-17)11-18-19(24)23(21(28)29-18)13-5-3-4-12(10-13)20(25)26/h1-2,6-9,11-13H,3-5,10H2,(H,25,26). The molecule has 1 saturated carbocycles. The van der Waals surface area contributed by atoms with Gasteiger partial charge in [-0.25, -0.2) is 4.39 Å². The largest absolute Gasteiger partial charge is 0.481 e. The molecule has 1 aliphatic heterocycles. The Balaban J connectivity index is 1.54. The molecule has 8 heteroatoms. The van der Waals surface area contributed by atoms with Crippen molar-refractivity contribution in [1.29, 1.82) is 0 Å².